The Hall–Kier alpha value is 0.650. The van der Waals surface area contributed by atoms with Gasteiger partial charge in [0.25, 0.3) is 0 Å². The number of aryl methyl sites for hydroxylation is 2. The molecule has 0 aromatic carbocycles. The minimum absolute atomic E-state index is 0.0254. The molecule has 5 heteroatoms. The molecule has 0 nitrogen and oxygen atoms in total. The maximum Gasteiger partial charge on any atom is 0.0947 e. The second-order valence-corrected chi connectivity index (χ2v) is 9.45. The van der Waals surface area contributed by atoms with Crippen LogP contribution in [0.4, 0.5) is 0 Å². The van der Waals surface area contributed by atoms with Crippen LogP contribution in [0.2, 0.25) is 0 Å². The van der Waals surface area contributed by atoms with Crippen LogP contribution in [0, 0.1) is 0 Å². The first-order valence-electron chi connectivity index (χ1n) is 5.35. The molecule has 0 bridgehead atoms. The van der Waals surface area contributed by atoms with E-state index in [1.54, 1.807) is 11.3 Å². The maximum absolute atomic E-state index is 6.58. The first-order chi connectivity index (χ1) is 8.15. The third kappa shape index (κ3) is 2.39. The van der Waals surface area contributed by atoms with Crippen LogP contribution in [0.15, 0.2) is 19.7 Å². The molecule has 90 valence electrons. The normalized spacial score (nSPS) is 16.2. The molecule has 3 rings (SSSR count). The number of alkyl halides is 1. The molecule has 1 aliphatic rings. The van der Waals surface area contributed by atoms with Gasteiger partial charge in [-0.1, -0.05) is 0 Å². The van der Waals surface area contributed by atoms with Crippen molar-refractivity contribution in [3.63, 3.8) is 0 Å². The summed E-state index contributed by atoms with van der Waals surface area (Å²) in [6, 6.07) is 4.40. The first kappa shape index (κ1) is 12.7. The van der Waals surface area contributed by atoms with Gasteiger partial charge in [-0.2, -0.15) is 0 Å². The summed E-state index contributed by atoms with van der Waals surface area (Å²) < 4.78 is 2.24. The molecule has 0 fully saturated rings. The van der Waals surface area contributed by atoms with E-state index in [1.807, 2.05) is 11.3 Å². The Kier molecular flexibility index (Phi) is 3.70. The lowest BCUT2D eigenvalue weighted by molar-refractivity contribution is 0.913. The number of hydrogen-bond acceptors (Lipinski definition) is 2. The van der Waals surface area contributed by atoms with Crippen molar-refractivity contribution in [2.75, 3.05) is 0 Å². The highest BCUT2D eigenvalue weighted by atomic mass is 79.9. The predicted octanol–water partition coefficient (Wildman–Crippen LogP) is 6.15. The number of halogens is 3. The lowest BCUT2D eigenvalue weighted by atomic mass is 10.2. The summed E-state index contributed by atoms with van der Waals surface area (Å²) >= 11 is 17.2. The molecule has 17 heavy (non-hydrogen) atoms. The molecule has 0 radical (unpaired) electrons. The third-order valence-corrected chi connectivity index (χ3v) is 7.26. The zero-order valence-electron chi connectivity index (χ0n) is 8.80. The Morgan fingerprint density at radius 2 is 2.00 bits per heavy atom. The van der Waals surface area contributed by atoms with Crippen LogP contribution in [0.5, 0.6) is 0 Å². The van der Waals surface area contributed by atoms with Crippen LogP contribution in [-0.2, 0) is 12.8 Å². The molecule has 0 spiro atoms. The molecule has 2 aromatic rings. The van der Waals surface area contributed by atoms with Crippen molar-refractivity contribution in [2.45, 2.75) is 24.6 Å². The summed E-state index contributed by atoms with van der Waals surface area (Å²) in [5.74, 6) is 0. The monoisotopic (exact) mass is 410 g/mol. The molecule has 2 aromatic heterocycles. The van der Waals surface area contributed by atoms with Crippen molar-refractivity contribution in [3.05, 3.63) is 40.6 Å². The van der Waals surface area contributed by atoms with E-state index in [0.717, 1.165) is 7.57 Å². The summed E-state index contributed by atoms with van der Waals surface area (Å²) in [7, 11) is 0. The zero-order chi connectivity index (χ0) is 12.0. The van der Waals surface area contributed by atoms with Gasteiger partial charge in [-0.3, -0.25) is 0 Å². The maximum atomic E-state index is 6.58. The number of rotatable bonds is 2. The van der Waals surface area contributed by atoms with Crippen molar-refractivity contribution >= 4 is 66.1 Å². The van der Waals surface area contributed by atoms with Crippen molar-refractivity contribution in [2.24, 2.45) is 0 Å². The second kappa shape index (κ2) is 4.97. The fourth-order valence-corrected chi connectivity index (χ4v) is 6.88. The van der Waals surface area contributed by atoms with E-state index in [4.69, 9.17) is 11.6 Å². The average Bonchev–Trinajstić information content (AvgIpc) is 2.90. The molecule has 0 saturated carbocycles. The topological polar surface area (TPSA) is 0 Å². The highest BCUT2D eigenvalue weighted by Gasteiger charge is 2.22. The van der Waals surface area contributed by atoms with Gasteiger partial charge in [0.15, 0.2) is 0 Å². The molecule has 0 amide bonds. The summed E-state index contributed by atoms with van der Waals surface area (Å²) in [6.07, 6.45) is 3.77. The Morgan fingerprint density at radius 1 is 1.18 bits per heavy atom. The predicted molar refractivity (Wildman–Crippen MR) is 83.8 cm³/mol. The summed E-state index contributed by atoms with van der Waals surface area (Å²) in [6.45, 7) is 0. The number of thiophene rings is 2. The molecule has 0 aliphatic heterocycles. The Balaban J connectivity index is 1.95. The van der Waals surface area contributed by atoms with Gasteiger partial charge in [0, 0.05) is 15.3 Å². The van der Waals surface area contributed by atoms with Gasteiger partial charge < -0.3 is 0 Å². The van der Waals surface area contributed by atoms with Crippen LogP contribution in [0.3, 0.4) is 0 Å². The average molecular weight is 413 g/mol. The van der Waals surface area contributed by atoms with Crippen LogP contribution in [-0.4, -0.2) is 0 Å². The molecule has 1 aliphatic carbocycles. The smallest absolute Gasteiger partial charge is 0.0947 e. The van der Waals surface area contributed by atoms with Gasteiger partial charge in [0.1, 0.15) is 0 Å². The lowest BCUT2D eigenvalue weighted by Crippen LogP contribution is -1.88. The summed E-state index contributed by atoms with van der Waals surface area (Å²) in [4.78, 5) is 2.82. The van der Waals surface area contributed by atoms with E-state index in [0.29, 0.717) is 0 Å². The lowest BCUT2D eigenvalue weighted by Gasteiger charge is -2.05. The Morgan fingerprint density at radius 3 is 2.65 bits per heavy atom. The van der Waals surface area contributed by atoms with Crippen molar-refractivity contribution in [3.8, 4) is 0 Å². The second-order valence-electron chi connectivity index (χ2n) is 4.09. The number of hydrogen-bond donors (Lipinski definition) is 0. The van der Waals surface area contributed by atoms with E-state index in [9.17, 15) is 0 Å². The van der Waals surface area contributed by atoms with Gasteiger partial charge in [-0.05, 0) is 68.8 Å². The van der Waals surface area contributed by atoms with Gasteiger partial charge in [0.2, 0.25) is 0 Å². The van der Waals surface area contributed by atoms with Crippen molar-refractivity contribution < 1.29 is 0 Å². The van der Waals surface area contributed by atoms with Gasteiger partial charge in [-0.15, -0.1) is 34.3 Å². The van der Waals surface area contributed by atoms with Crippen LogP contribution >= 0.6 is 66.1 Å². The largest absolute Gasteiger partial charge is 0.143 e. The van der Waals surface area contributed by atoms with Crippen LogP contribution in [0.1, 0.15) is 32.7 Å². The minimum atomic E-state index is -0.0254. The quantitative estimate of drug-likeness (QED) is 0.519. The third-order valence-electron chi connectivity index (χ3n) is 2.97. The fourth-order valence-electron chi connectivity index (χ4n) is 2.16. The van der Waals surface area contributed by atoms with Gasteiger partial charge >= 0.3 is 0 Å². The summed E-state index contributed by atoms with van der Waals surface area (Å²) in [5, 5.41) is -0.0254. The van der Waals surface area contributed by atoms with Crippen molar-refractivity contribution in [1.82, 2.24) is 0 Å². The SMILES string of the molecule is ClC(c1cc2c(s1)CCC2)c1cc(Br)sc1Br. The van der Waals surface area contributed by atoms with Gasteiger partial charge in [0.05, 0.1) is 12.9 Å². The standard InChI is InChI=1S/C12H9Br2ClS2/c13-10-5-7(12(14)17-10)11(15)9-4-6-2-1-3-8(6)16-9/h4-5,11H,1-3H2. The Labute approximate surface area is 130 Å². The van der Waals surface area contributed by atoms with Crippen LogP contribution in [0.25, 0.3) is 0 Å². The summed E-state index contributed by atoms with van der Waals surface area (Å²) in [5.41, 5.74) is 2.68. The van der Waals surface area contributed by atoms with E-state index < -0.39 is 0 Å². The van der Waals surface area contributed by atoms with Crippen molar-refractivity contribution in [1.29, 1.82) is 0 Å². The van der Waals surface area contributed by atoms with Gasteiger partial charge in [-0.25, -0.2) is 0 Å². The molecule has 1 unspecified atom stereocenters. The first-order valence-corrected chi connectivity index (χ1v) is 9.01. The molecule has 0 N–H and O–H groups in total. The number of fused-ring (bicyclic) bond motifs is 1. The van der Waals surface area contributed by atoms with E-state index in [1.165, 1.54) is 40.1 Å². The van der Waals surface area contributed by atoms with E-state index in [-0.39, 0.29) is 5.38 Å². The Bertz CT molecular complexity index is 537. The highest BCUT2D eigenvalue weighted by molar-refractivity contribution is 9.12. The molecule has 0 saturated heterocycles. The van der Waals surface area contributed by atoms with E-state index >= 15 is 0 Å². The molecular formula is C12H9Br2ClS2. The molecule has 2 heterocycles. The van der Waals surface area contributed by atoms with E-state index in [2.05, 4.69) is 44.0 Å². The fraction of sp³-hybridized carbons (Fsp3) is 0.333. The minimum Gasteiger partial charge on any atom is -0.143 e. The highest BCUT2D eigenvalue weighted by Crippen LogP contribution is 2.44. The van der Waals surface area contributed by atoms with Crippen LogP contribution < -0.4 is 0 Å². The molecular weight excluding hydrogens is 404 g/mol. The zero-order valence-corrected chi connectivity index (χ0v) is 14.4. The molecule has 1 atom stereocenters.